The Balaban J connectivity index is 1.08. The Morgan fingerprint density at radius 3 is 2.18 bits per heavy atom. The number of anilines is 2. The first-order valence-electron chi connectivity index (χ1n) is 15.1. The highest BCUT2D eigenvalue weighted by Crippen LogP contribution is 2.29. The highest BCUT2D eigenvalue weighted by molar-refractivity contribution is 8.00. The van der Waals surface area contributed by atoms with Gasteiger partial charge in [0.25, 0.3) is 11.8 Å². The molecular weight excluding hydrogens is 679 g/mol. The Hall–Kier alpha value is -5.35. The van der Waals surface area contributed by atoms with Gasteiger partial charge in [-0.05, 0) is 97.4 Å². The molecule has 0 fully saturated rings. The second-order valence-corrected chi connectivity index (χ2v) is 13.0. The normalized spacial score (nSPS) is 11.9. The van der Waals surface area contributed by atoms with Crippen molar-refractivity contribution < 1.29 is 18.8 Å². The van der Waals surface area contributed by atoms with Crippen molar-refractivity contribution in [3.05, 3.63) is 148 Å². The standard InChI is InChI=1S/C38H28Cl2N4O4S/c1-23(35(45)41-27-16-14-25(15-17-27)38-44-31-12-5-6-13-33(31)48-38)49-29-20-18-28(19-21-29)42-37(47)32(22-26-10-7-11-30(39)34(26)40)43-36(46)24-8-3-2-4-9-24/h2-23H,1H3,(H,41,45)(H,42,47)(H,43,46)/b32-22-. The van der Waals surface area contributed by atoms with Gasteiger partial charge >= 0.3 is 0 Å². The number of carbonyl (C=O) groups is 3. The van der Waals surface area contributed by atoms with Crippen LogP contribution in [0.15, 0.2) is 136 Å². The fourth-order valence-electron chi connectivity index (χ4n) is 4.74. The number of fused-ring (bicyclic) bond motifs is 1. The van der Waals surface area contributed by atoms with E-state index < -0.39 is 17.1 Å². The number of oxazole rings is 1. The first-order valence-corrected chi connectivity index (χ1v) is 16.7. The third kappa shape index (κ3) is 8.39. The lowest BCUT2D eigenvalue weighted by Gasteiger charge is -2.14. The largest absolute Gasteiger partial charge is 0.436 e. The van der Waals surface area contributed by atoms with Crippen LogP contribution < -0.4 is 16.0 Å². The topological polar surface area (TPSA) is 113 Å². The first-order chi connectivity index (χ1) is 23.7. The molecule has 8 nitrogen and oxygen atoms in total. The second kappa shape index (κ2) is 15.3. The molecule has 244 valence electrons. The number of rotatable bonds is 10. The molecule has 0 aliphatic carbocycles. The number of aromatic nitrogens is 1. The molecule has 1 atom stereocenters. The highest BCUT2D eigenvalue weighted by Gasteiger charge is 2.18. The molecule has 6 rings (SSSR count). The minimum Gasteiger partial charge on any atom is -0.436 e. The molecule has 6 aromatic rings. The smallest absolute Gasteiger partial charge is 0.272 e. The summed E-state index contributed by atoms with van der Waals surface area (Å²) in [5.74, 6) is -0.674. The van der Waals surface area contributed by atoms with Gasteiger partial charge in [0.05, 0.1) is 15.3 Å². The number of hydrogen-bond donors (Lipinski definition) is 3. The van der Waals surface area contributed by atoms with Crippen molar-refractivity contribution in [1.82, 2.24) is 10.3 Å². The summed E-state index contributed by atoms with van der Waals surface area (Å²) in [5, 5.41) is 8.60. The Kier molecular flexibility index (Phi) is 10.4. The Morgan fingerprint density at radius 1 is 0.776 bits per heavy atom. The SMILES string of the molecule is CC(Sc1ccc(NC(=O)/C(=C/c2cccc(Cl)c2Cl)NC(=O)c2ccccc2)cc1)C(=O)Nc1ccc(-c2nc3ccccc3o2)cc1. The maximum absolute atomic E-state index is 13.4. The van der Waals surface area contributed by atoms with Crippen LogP contribution in [0.2, 0.25) is 10.0 Å². The van der Waals surface area contributed by atoms with E-state index in [9.17, 15) is 14.4 Å². The predicted octanol–water partition coefficient (Wildman–Crippen LogP) is 9.33. The van der Waals surface area contributed by atoms with E-state index in [2.05, 4.69) is 20.9 Å². The number of carbonyl (C=O) groups excluding carboxylic acids is 3. The summed E-state index contributed by atoms with van der Waals surface area (Å²) in [6.07, 6.45) is 1.47. The molecule has 0 spiro atoms. The summed E-state index contributed by atoms with van der Waals surface area (Å²) >= 11 is 13.9. The van der Waals surface area contributed by atoms with Crippen molar-refractivity contribution in [2.24, 2.45) is 0 Å². The molecule has 1 heterocycles. The number of halogens is 2. The maximum Gasteiger partial charge on any atom is 0.272 e. The number of nitrogens with zero attached hydrogens (tertiary/aromatic N) is 1. The van der Waals surface area contributed by atoms with E-state index in [0.29, 0.717) is 39.0 Å². The number of benzene rings is 5. The fourth-order valence-corrected chi connectivity index (χ4v) is 5.97. The average molecular weight is 708 g/mol. The third-order valence-electron chi connectivity index (χ3n) is 7.30. The van der Waals surface area contributed by atoms with E-state index in [-0.39, 0.29) is 16.6 Å². The molecule has 0 saturated carbocycles. The van der Waals surface area contributed by atoms with Crippen LogP contribution in [0.3, 0.4) is 0 Å². The lowest BCUT2D eigenvalue weighted by Crippen LogP contribution is -2.30. The Bertz CT molecular complexity index is 2140. The summed E-state index contributed by atoms with van der Waals surface area (Å²) in [5.41, 5.74) is 4.26. The molecule has 0 aliphatic heterocycles. The molecule has 1 aromatic heterocycles. The van der Waals surface area contributed by atoms with Crippen molar-refractivity contribution in [2.45, 2.75) is 17.1 Å². The Morgan fingerprint density at radius 2 is 1.45 bits per heavy atom. The van der Waals surface area contributed by atoms with Crippen LogP contribution >= 0.6 is 35.0 Å². The van der Waals surface area contributed by atoms with Gasteiger partial charge in [0.1, 0.15) is 11.2 Å². The number of nitrogens with one attached hydrogen (secondary N) is 3. The molecule has 3 N–H and O–H groups in total. The van der Waals surface area contributed by atoms with E-state index in [1.165, 1.54) is 17.8 Å². The minimum atomic E-state index is -0.560. The van der Waals surface area contributed by atoms with Crippen LogP contribution in [0, 0.1) is 0 Å². The van der Waals surface area contributed by atoms with Gasteiger partial charge < -0.3 is 20.4 Å². The fraction of sp³-hybridized carbons (Fsp3) is 0.0526. The van der Waals surface area contributed by atoms with Gasteiger partial charge in [0, 0.05) is 27.4 Å². The lowest BCUT2D eigenvalue weighted by atomic mass is 10.1. The van der Waals surface area contributed by atoms with E-state index >= 15 is 0 Å². The van der Waals surface area contributed by atoms with Crippen LogP contribution in [0.25, 0.3) is 28.6 Å². The molecule has 5 aromatic carbocycles. The van der Waals surface area contributed by atoms with E-state index in [4.69, 9.17) is 27.6 Å². The van der Waals surface area contributed by atoms with Gasteiger partial charge in [-0.2, -0.15) is 0 Å². The summed E-state index contributed by atoms with van der Waals surface area (Å²) in [6.45, 7) is 1.82. The van der Waals surface area contributed by atoms with Crippen molar-refractivity contribution in [2.75, 3.05) is 10.6 Å². The lowest BCUT2D eigenvalue weighted by molar-refractivity contribution is -0.115. The van der Waals surface area contributed by atoms with Crippen molar-refractivity contribution in [1.29, 1.82) is 0 Å². The quantitative estimate of drug-likeness (QED) is 0.0967. The van der Waals surface area contributed by atoms with Crippen LogP contribution in [0.1, 0.15) is 22.8 Å². The van der Waals surface area contributed by atoms with Crippen molar-refractivity contribution in [3.8, 4) is 11.5 Å². The van der Waals surface area contributed by atoms with E-state index in [0.717, 1.165) is 16.0 Å². The second-order valence-electron chi connectivity index (χ2n) is 10.8. The van der Waals surface area contributed by atoms with Crippen molar-refractivity contribution >= 4 is 81.2 Å². The van der Waals surface area contributed by atoms with Gasteiger partial charge in [0.15, 0.2) is 5.58 Å². The number of para-hydroxylation sites is 2. The summed E-state index contributed by atoms with van der Waals surface area (Å²) in [6, 6.07) is 35.5. The summed E-state index contributed by atoms with van der Waals surface area (Å²) < 4.78 is 5.83. The van der Waals surface area contributed by atoms with Gasteiger partial charge in [-0.1, -0.05) is 65.7 Å². The maximum atomic E-state index is 13.4. The molecular formula is C38H28Cl2N4O4S. The zero-order chi connectivity index (χ0) is 34.3. The average Bonchev–Trinajstić information content (AvgIpc) is 3.56. The molecule has 11 heteroatoms. The van der Waals surface area contributed by atoms with Crippen LogP contribution in [0.5, 0.6) is 0 Å². The van der Waals surface area contributed by atoms with Crippen LogP contribution in [-0.2, 0) is 9.59 Å². The van der Waals surface area contributed by atoms with E-state index in [1.54, 1.807) is 72.8 Å². The summed E-state index contributed by atoms with van der Waals surface area (Å²) in [4.78, 5) is 44.7. The van der Waals surface area contributed by atoms with Gasteiger partial charge in [-0.25, -0.2) is 4.98 Å². The monoisotopic (exact) mass is 706 g/mol. The number of thioether (sulfide) groups is 1. The van der Waals surface area contributed by atoms with Gasteiger partial charge in [-0.3, -0.25) is 14.4 Å². The van der Waals surface area contributed by atoms with E-state index in [1.807, 2.05) is 55.5 Å². The molecule has 1 unspecified atom stereocenters. The predicted molar refractivity (Wildman–Crippen MR) is 197 cm³/mol. The van der Waals surface area contributed by atoms with Gasteiger partial charge in [0.2, 0.25) is 11.8 Å². The molecule has 0 saturated heterocycles. The highest BCUT2D eigenvalue weighted by atomic mass is 35.5. The molecule has 49 heavy (non-hydrogen) atoms. The number of amides is 3. The zero-order valence-corrected chi connectivity index (χ0v) is 28.3. The Labute approximate surface area is 296 Å². The molecule has 3 amide bonds. The number of hydrogen-bond acceptors (Lipinski definition) is 6. The third-order valence-corrected chi connectivity index (χ3v) is 9.24. The molecule has 0 aliphatic rings. The molecule has 0 radical (unpaired) electrons. The summed E-state index contributed by atoms with van der Waals surface area (Å²) in [7, 11) is 0. The molecule has 0 bridgehead atoms. The van der Waals surface area contributed by atoms with Crippen molar-refractivity contribution in [3.63, 3.8) is 0 Å². The van der Waals surface area contributed by atoms with Gasteiger partial charge in [-0.15, -0.1) is 11.8 Å². The minimum absolute atomic E-state index is 0.0244. The first kappa shape index (κ1) is 33.5. The zero-order valence-electron chi connectivity index (χ0n) is 25.9. The van der Waals surface area contributed by atoms with Crippen LogP contribution in [-0.4, -0.2) is 28.0 Å². The van der Waals surface area contributed by atoms with Crippen LogP contribution in [0.4, 0.5) is 11.4 Å².